The quantitative estimate of drug-likeness (QED) is 0.344. The Bertz CT molecular complexity index is 2030. The number of aromatic nitrogens is 8. The molecule has 250 valence electrons. The fourth-order valence-corrected chi connectivity index (χ4v) is 6.43. The van der Waals surface area contributed by atoms with Crippen molar-refractivity contribution in [2.24, 2.45) is 40.0 Å². The molecular formula is C29H37F3N8O6. The molecular weight excluding hydrogens is 613 g/mol. The summed E-state index contributed by atoms with van der Waals surface area (Å²) in [7, 11) is 6.50. The van der Waals surface area contributed by atoms with Crippen LogP contribution < -0.4 is 22.5 Å². The van der Waals surface area contributed by atoms with Crippen LogP contribution in [0.2, 0.25) is 0 Å². The van der Waals surface area contributed by atoms with E-state index in [0.717, 1.165) is 17.4 Å². The van der Waals surface area contributed by atoms with Gasteiger partial charge in [0, 0.05) is 54.1 Å². The van der Waals surface area contributed by atoms with Crippen LogP contribution in [0.25, 0.3) is 22.3 Å². The summed E-state index contributed by atoms with van der Waals surface area (Å²) in [6.45, 7) is 0.403. The van der Waals surface area contributed by atoms with Crippen molar-refractivity contribution in [1.82, 2.24) is 37.4 Å². The average molecular weight is 651 g/mol. The number of alkyl halides is 3. The molecule has 0 unspecified atom stereocenters. The zero-order valence-electron chi connectivity index (χ0n) is 26.1. The Morgan fingerprint density at radius 3 is 1.52 bits per heavy atom. The second-order valence-electron chi connectivity index (χ2n) is 12.5. The molecule has 0 aromatic carbocycles. The number of fused-ring (bicyclic) bond motifs is 2. The number of halogens is 3. The van der Waals surface area contributed by atoms with Crippen molar-refractivity contribution >= 4 is 28.1 Å². The number of nitrogens with zero attached hydrogens (tertiary/aromatic N) is 8. The van der Waals surface area contributed by atoms with E-state index in [1.54, 1.807) is 25.7 Å². The first-order chi connectivity index (χ1) is 21.5. The van der Waals surface area contributed by atoms with Gasteiger partial charge in [0.15, 0.2) is 27.9 Å². The molecule has 4 aromatic rings. The van der Waals surface area contributed by atoms with Crippen molar-refractivity contribution in [3.63, 3.8) is 0 Å². The topological polar surface area (TPSA) is 161 Å². The van der Waals surface area contributed by atoms with Crippen molar-refractivity contribution < 1.29 is 23.1 Å². The third-order valence-corrected chi connectivity index (χ3v) is 9.41. The molecule has 14 nitrogen and oxygen atoms in total. The summed E-state index contributed by atoms with van der Waals surface area (Å²) in [4.78, 5) is 69.3. The highest BCUT2D eigenvalue weighted by atomic mass is 19.4. The Morgan fingerprint density at radius 1 is 0.739 bits per heavy atom. The minimum atomic E-state index is -4.67. The molecule has 6 rings (SSSR count). The van der Waals surface area contributed by atoms with Crippen LogP contribution >= 0.6 is 0 Å². The molecule has 2 aliphatic rings. The number of Topliss-reactive ketones (excluding diaryl/α,β-unsaturated/α-hetero) is 1. The molecule has 17 heteroatoms. The van der Waals surface area contributed by atoms with Crippen molar-refractivity contribution in [1.29, 1.82) is 0 Å². The van der Waals surface area contributed by atoms with Gasteiger partial charge in [-0.05, 0) is 50.4 Å². The number of carbonyl (C=O) groups is 1. The summed E-state index contributed by atoms with van der Waals surface area (Å²) in [5.74, 6) is 0.200. The van der Waals surface area contributed by atoms with Gasteiger partial charge >= 0.3 is 17.6 Å². The van der Waals surface area contributed by atoms with Crippen LogP contribution in [-0.4, -0.2) is 60.0 Å². The Morgan fingerprint density at radius 2 is 1.13 bits per heavy atom. The van der Waals surface area contributed by atoms with E-state index < -0.39 is 35.9 Å². The van der Waals surface area contributed by atoms with Crippen LogP contribution in [0, 0.1) is 11.8 Å². The summed E-state index contributed by atoms with van der Waals surface area (Å²) in [6.07, 6.45) is 0.225. The number of aliphatic hydroxyl groups is 1. The van der Waals surface area contributed by atoms with Crippen molar-refractivity contribution in [3.05, 3.63) is 54.3 Å². The fraction of sp³-hybridized carbons (Fsp3) is 0.621. The van der Waals surface area contributed by atoms with Crippen LogP contribution in [0.15, 0.2) is 31.8 Å². The lowest BCUT2D eigenvalue weighted by Crippen LogP contribution is -2.49. The number of hydrogen-bond acceptors (Lipinski definition) is 8. The van der Waals surface area contributed by atoms with Crippen molar-refractivity contribution in [2.45, 2.75) is 76.2 Å². The van der Waals surface area contributed by atoms with E-state index in [1.807, 2.05) is 0 Å². The maximum absolute atomic E-state index is 12.9. The first kappa shape index (κ1) is 33.1. The van der Waals surface area contributed by atoms with Gasteiger partial charge in [-0.25, -0.2) is 19.6 Å². The molecule has 4 heterocycles. The number of hydrogen-bond donors (Lipinski definition) is 1. The molecule has 0 spiro atoms. The van der Waals surface area contributed by atoms with Crippen LogP contribution in [0.5, 0.6) is 0 Å². The van der Waals surface area contributed by atoms with Crippen LogP contribution in [0.4, 0.5) is 13.2 Å². The van der Waals surface area contributed by atoms with E-state index in [4.69, 9.17) is 0 Å². The summed E-state index contributed by atoms with van der Waals surface area (Å²) in [5.41, 5.74) is -3.00. The lowest BCUT2D eigenvalue weighted by molar-refractivity contribution is -0.272. The zero-order valence-corrected chi connectivity index (χ0v) is 26.1. The summed E-state index contributed by atoms with van der Waals surface area (Å²) >= 11 is 0. The molecule has 0 bridgehead atoms. The third-order valence-electron chi connectivity index (χ3n) is 9.41. The van der Waals surface area contributed by atoms with Crippen LogP contribution in [0.1, 0.15) is 51.4 Å². The molecule has 2 fully saturated rings. The number of imidazole rings is 2. The summed E-state index contributed by atoms with van der Waals surface area (Å²) in [6, 6.07) is 0. The Labute approximate surface area is 259 Å². The fourth-order valence-electron chi connectivity index (χ4n) is 6.43. The zero-order chi connectivity index (χ0) is 33.7. The first-order valence-corrected chi connectivity index (χ1v) is 15.1. The minimum Gasteiger partial charge on any atom is -0.380 e. The highest BCUT2D eigenvalue weighted by Gasteiger charge is 2.54. The normalized spacial score (nSPS) is 21.1. The maximum Gasteiger partial charge on any atom is 0.417 e. The van der Waals surface area contributed by atoms with Gasteiger partial charge in [-0.15, -0.1) is 0 Å². The summed E-state index contributed by atoms with van der Waals surface area (Å²) in [5, 5.41) is 9.72. The Hall–Kier alpha value is -4.28. The molecule has 1 N–H and O–H groups in total. The summed E-state index contributed by atoms with van der Waals surface area (Å²) < 4.78 is 46.8. The van der Waals surface area contributed by atoms with E-state index >= 15 is 0 Å². The van der Waals surface area contributed by atoms with Gasteiger partial charge in [0.1, 0.15) is 5.78 Å². The average Bonchev–Trinajstić information content (AvgIpc) is 3.59. The maximum atomic E-state index is 12.9. The van der Waals surface area contributed by atoms with E-state index in [2.05, 4.69) is 9.97 Å². The second kappa shape index (κ2) is 12.1. The van der Waals surface area contributed by atoms with Gasteiger partial charge in [0.2, 0.25) is 0 Å². The third kappa shape index (κ3) is 5.87. The number of ketones is 1. The molecule has 2 saturated carbocycles. The van der Waals surface area contributed by atoms with Gasteiger partial charge < -0.3 is 14.2 Å². The van der Waals surface area contributed by atoms with Crippen LogP contribution in [0.3, 0.4) is 0 Å². The van der Waals surface area contributed by atoms with E-state index in [1.165, 1.54) is 38.0 Å². The van der Waals surface area contributed by atoms with Gasteiger partial charge in [0.05, 0.1) is 12.7 Å². The van der Waals surface area contributed by atoms with Crippen molar-refractivity contribution in [2.75, 3.05) is 0 Å². The molecule has 0 saturated heterocycles. The predicted octanol–water partition coefficient (Wildman–Crippen LogP) is 1.11. The van der Waals surface area contributed by atoms with Crippen LogP contribution in [-0.2, 0) is 46.1 Å². The Kier molecular flexibility index (Phi) is 8.74. The van der Waals surface area contributed by atoms with E-state index in [0.29, 0.717) is 30.6 Å². The molecule has 2 aliphatic carbocycles. The van der Waals surface area contributed by atoms with Crippen molar-refractivity contribution in [3.8, 4) is 0 Å². The number of rotatable bonds is 4. The Balaban J connectivity index is 0.000000184. The lowest BCUT2D eigenvalue weighted by atomic mass is 9.78. The largest absolute Gasteiger partial charge is 0.417 e. The van der Waals surface area contributed by atoms with Gasteiger partial charge in [-0.2, -0.15) is 13.2 Å². The van der Waals surface area contributed by atoms with Gasteiger partial charge in [0.25, 0.3) is 11.1 Å². The standard InChI is InChI=1S/C15H19F3N4O3.C14H18N4O3/c1-20-8-19-11-10(20)12(23)22(13(24)21(11)2)7-9-3-5-14(25,6-4-9)15(16,17)18;1-16-8-15-12-11(16)13(20)18(14(21)17(12)2)7-9-3-5-10(19)6-4-9/h8-9,25H,3-7H2,1-2H3;8-9H,3-7H2,1-2H3. The SMILES string of the molecule is Cn1cnc2c1c(=O)n(CC1CCC(=O)CC1)c(=O)n2C.Cn1cnc2c1c(=O)n(CC1CCC(O)(C(F)(F)F)CC1)c(=O)n2C. The number of carbonyl (C=O) groups excluding carboxylic acids is 1. The van der Waals surface area contributed by atoms with E-state index in [-0.39, 0.29) is 59.4 Å². The highest BCUT2D eigenvalue weighted by Crippen LogP contribution is 2.43. The molecule has 0 amide bonds. The molecule has 4 aromatic heterocycles. The van der Waals surface area contributed by atoms with Gasteiger partial charge in [-0.3, -0.25) is 32.7 Å². The lowest BCUT2D eigenvalue weighted by Gasteiger charge is -2.37. The molecule has 0 radical (unpaired) electrons. The molecule has 0 aliphatic heterocycles. The molecule has 0 atom stereocenters. The smallest absolute Gasteiger partial charge is 0.380 e. The second-order valence-corrected chi connectivity index (χ2v) is 12.5. The van der Waals surface area contributed by atoms with Gasteiger partial charge in [-0.1, -0.05) is 0 Å². The minimum absolute atomic E-state index is 0.0283. The monoisotopic (exact) mass is 650 g/mol. The highest BCUT2D eigenvalue weighted by molar-refractivity contribution is 5.79. The first-order valence-electron chi connectivity index (χ1n) is 15.1. The molecule has 46 heavy (non-hydrogen) atoms. The predicted molar refractivity (Wildman–Crippen MR) is 160 cm³/mol. The van der Waals surface area contributed by atoms with E-state index in [9.17, 15) is 42.3 Å². The number of aryl methyl sites for hydroxylation is 4.